The van der Waals surface area contributed by atoms with E-state index in [2.05, 4.69) is 56.4 Å². The van der Waals surface area contributed by atoms with Crippen molar-refractivity contribution in [1.29, 1.82) is 0 Å². The number of nitrogens with one attached hydrogen (secondary N) is 1. The number of rotatable bonds is 2. The van der Waals surface area contributed by atoms with E-state index in [1.165, 1.54) is 10.8 Å². The Labute approximate surface area is 148 Å². The summed E-state index contributed by atoms with van der Waals surface area (Å²) in [6.45, 7) is 6.21. The van der Waals surface area contributed by atoms with Crippen LogP contribution in [0.15, 0.2) is 66.7 Å². The first-order valence-corrected chi connectivity index (χ1v) is 8.71. The molecule has 1 unspecified atom stereocenters. The second-order valence-corrected chi connectivity index (χ2v) is 7.07. The Morgan fingerprint density at radius 3 is 2.36 bits per heavy atom. The van der Waals surface area contributed by atoms with E-state index < -0.39 is 5.66 Å². The van der Waals surface area contributed by atoms with Crippen molar-refractivity contribution >= 4 is 22.4 Å². The van der Waals surface area contributed by atoms with Crippen molar-refractivity contribution in [3.63, 3.8) is 0 Å². The molecule has 1 amide bonds. The molecule has 4 rings (SSSR count). The Kier molecular flexibility index (Phi) is 3.53. The van der Waals surface area contributed by atoms with Crippen LogP contribution in [-0.4, -0.2) is 16.8 Å². The van der Waals surface area contributed by atoms with Crippen molar-refractivity contribution in [3.8, 4) is 0 Å². The molecule has 126 valence electrons. The minimum atomic E-state index is -0.594. The van der Waals surface area contributed by atoms with Crippen LogP contribution in [-0.2, 0) is 5.66 Å². The van der Waals surface area contributed by atoms with Crippen LogP contribution in [0.1, 0.15) is 36.7 Å². The molecule has 0 spiro atoms. The number of anilines is 1. The summed E-state index contributed by atoms with van der Waals surface area (Å²) in [5, 5.41) is 6.00. The van der Waals surface area contributed by atoms with Gasteiger partial charge in [0, 0.05) is 11.7 Å². The summed E-state index contributed by atoms with van der Waals surface area (Å²) in [7, 11) is 0. The van der Waals surface area contributed by atoms with E-state index in [4.69, 9.17) is 0 Å². The molecule has 1 aliphatic heterocycles. The molecule has 1 N–H and O–H groups in total. The van der Waals surface area contributed by atoms with E-state index in [1.807, 2.05) is 41.3 Å². The van der Waals surface area contributed by atoms with Crippen molar-refractivity contribution in [2.45, 2.75) is 32.5 Å². The van der Waals surface area contributed by atoms with Crippen molar-refractivity contribution in [2.24, 2.45) is 0 Å². The third-order valence-corrected chi connectivity index (χ3v) is 5.06. The first-order valence-electron chi connectivity index (χ1n) is 8.71. The Balaban J connectivity index is 1.91. The zero-order valence-electron chi connectivity index (χ0n) is 14.8. The van der Waals surface area contributed by atoms with Gasteiger partial charge in [-0.2, -0.15) is 0 Å². The molecule has 0 saturated carbocycles. The second-order valence-electron chi connectivity index (χ2n) is 7.07. The van der Waals surface area contributed by atoms with Gasteiger partial charge < -0.3 is 10.2 Å². The number of benzene rings is 3. The van der Waals surface area contributed by atoms with Crippen molar-refractivity contribution < 1.29 is 4.79 Å². The number of nitrogens with zero attached hydrogens (tertiary/aromatic N) is 1. The third-order valence-electron chi connectivity index (χ3n) is 5.06. The minimum absolute atomic E-state index is 0.0695. The molecular formula is C22H22N2O. The van der Waals surface area contributed by atoms with Crippen LogP contribution in [0, 0.1) is 0 Å². The third kappa shape index (κ3) is 2.39. The number of fused-ring (bicyclic) bond motifs is 2. The van der Waals surface area contributed by atoms with E-state index in [0.29, 0.717) is 0 Å². The first kappa shape index (κ1) is 15.7. The molecule has 3 nitrogen and oxygen atoms in total. The van der Waals surface area contributed by atoms with Crippen LogP contribution < -0.4 is 5.32 Å². The number of para-hydroxylation sites is 1. The fourth-order valence-electron chi connectivity index (χ4n) is 3.89. The summed E-state index contributed by atoms with van der Waals surface area (Å²) in [4.78, 5) is 15.1. The van der Waals surface area contributed by atoms with Crippen molar-refractivity contribution in [1.82, 2.24) is 4.90 Å². The maximum atomic E-state index is 13.2. The van der Waals surface area contributed by atoms with Crippen LogP contribution in [0.5, 0.6) is 0 Å². The Bertz CT molecular complexity index is 963. The molecule has 1 heterocycles. The lowest BCUT2D eigenvalue weighted by molar-refractivity contribution is 0.0434. The van der Waals surface area contributed by atoms with E-state index in [-0.39, 0.29) is 11.9 Å². The van der Waals surface area contributed by atoms with Gasteiger partial charge >= 0.3 is 0 Å². The van der Waals surface area contributed by atoms with Crippen molar-refractivity contribution in [3.05, 3.63) is 77.9 Å². The van der Waals surface area contributed by atoms with E-state index in [1.54, 1.807) is 0 Å². The summed E-state index contributed by atoms with van der Waals surface area (Å²) >= 11 is 0. The van der Waals surface area contributed by atoms with Gasteiger partial charge in [0.2, 0.25) is 0 Å². The Hall–Kier alpha value is -2.81. The topological polar surface area (TPSA) is 32.3 Å². The van der Waals surface area contributed by atoms with Gasteiger partial charge in [-0.15, -0.1) is 0 Å². The van der Waals surface area contributed by atoms with Crippen molar-refractivity contribution in [2.75, 3.05) is 5.32 Å². The highest BCUT2D eigenvalue weighted by Gasteiger charge is 2.43. The van der Waals surface area contributed by atoms with Gasteiger partial charge in [-0.25, -0.2) is 0 Å². The standard InChI is InChI=1S/C22H22N2O/c1-15(2)24-21(25)19-10-6-7-11-20(19)23-22(24,3)18-13-12-16-8-4-5-9-17(16)14-18/h4-15,23H,1-3H3. The zero-order chi connectivity index (χ0) is 17.6. The molecule has 0 aromatic heterocycles. The number of hydrogen-bond acceptors (Lipinski definition) is 2. The summed E-state index contributed by atoms with van der Waals surface area (Å²) in [5.41, 5.74) is 2.11. The number of carbonyl (C=O) groups is 1. The van der Waals surface area contributed by atoms with Gasteiger partial charge in [-0.05, 0) is 55.3 Å². The van der Waals surface area contributed by atoms with Gasteiger partial charge in [0.1, 0.15) is 5.66 Å². The average molecular weight is 330 g/mol. The lowest BCUT2D eigenvalue weighted by Gasteiger charge is -2.49. The zero-order valence-corrected chi connectivity index (χ0v) is 14.8. The van der Waals surface area contributed by atoms with Crippen LogP contribution in [0.4, 0.5) is 5.69 Å². The maximum absolute atomic E-state index is 13.2. The van der Waals surface area contributed by atoms with Crippen LogP contribution in [0.3, 0.4) is 0 Å². The van der Waals surface area contributed by atoms with E-state index in [0.717, 1.165) is 16.8 Å². The van der Waals surface area contributed by atoms with Gasteiger partial charge in [0.15, 0.2) is 0 Å². The number of amides is 1. The quantitative estimate of drug-likeness (QED) is 0.718. The summed E-state index contributed by atoms with van der Waals surface area (Å²) in [6.07, 6.45) is 0. The predicted molar refractivity (Wildman–Crippen MR) is 103 cm³/mol. The van der Waals surface area contributed by atoms with Gasteiger partial charge in [-0.3, -0.25) is 4.79 Å². The van der Waals surface area contributed by atoms with Gasteiger partial charge in [0.05, 0.1) is 5.56 Å². The second kappa shape index (κ2) is 5.62. The molecule has 1 atom stereocenters. The van der Waals surface area contributed by atoms with E-state index in [9.17, 15) is 4.79 Å². The minimum Gasteiger partial charge on any atom is -0.358 e. The molecule has 0 bridgehead atoms. The predicted octanol–water partition coefficient (Wildman–Crippen LogP) is 4.99. The van der Waals surface area contributed by atoms with Crippen LogP contribution in [0.25, 0.3) is 10.8 Å². The fraction of sp³-hybridized carbons (Fsp3) is 0.227. The maximum Gasteiger partial charge on any atom is 0.258 e. The normalized spacial score (nSPS) is 19.8. The van der Waals surface area contributed by atoms with Crippen LogP contribution in [0.2, 0.25) is 0 Å². The molecule has 0 saturated heterocycles. The molecule has 3 heteroatoms. The summed E-state index contributed by atoms with van der Waals surface area (Å²) in [5.74, 6) is 0.0695. The Morgan fingerprint density at radius 2 is 1.60 bits per heavy atom. The smallest absolute Gasteiger partial charge is 0.258 e. The molecular weight excluding hydrogens is 308 g/mol. The van der Waals surface area contributed by atoms with E-state index >= 15 is 0 Å². The lowest BCUT2D eigenvalue weighted by Crippen LogP contribution is -2.58. The molecule has 0 aliphatic carbocycles. The summed E-state index contributed by atoms with van der Waals surface area (Å²) < 4.78 is 0. The molecule has 3 aromatic rings. The largest absolute Gasteiger partial charge is 0.358 e. The number of hydrogen-bond donors (Lipinski definition) is 1. The number of carbonyl (C=O) groups excluding carboxylic acids is 1. The molecule has 3 aromatic carbocycles. The van der Waals surface area contributed by atoms with Gasteiger partial charge in [0.25, 0.3) is 5.91 Å². The van der Waals surface area contributed by atoms with Crippen LogP contribution >= 0.6 is 0 Å². The highest BCUT2D eigenvalue weighted by Crippen LogP contribution is 2.39. The summed E-state index contributed by atoms with van der Waals surface area (Å²) in [6, 6.07) is 22.5. The molecule has 0 fully saturated rings. The fourth-order valence-corrected chi connectivity index (χ4v) is 3.89. The average Bonchev–Trinajstić information content (AvgIpc) is 2.61. The SMILES string of the molecule is CC(C)N1C(=O)c2ccccc2NC1(C)c1ccc2ccccc2c1. The molecule has 1 aliphatic rings. The highest BCUT2D eigenvalue weighted by molar-refractivity contribution is 6.02. The Morgan fingerprint density at radius 1 is 0.920 bits per heavy atom. The molecule has 0 radical (unpaired) electrons. The first-order chi connectivity index (χ1) is 12.0. The van der Waals surface area contributed by atoms with Gasteiger partial charge in [-0.1, -0.05) is 48.5 Å². The monoisotopic (exact) mass is 330 g/mol. The highest BCUT2D eigenvalue weighted by atomic mass is 16.2. The molecule has 25 heavy (non-hydrogen) atoms. The lowest BCUT2D eigenvalue weighted by atomic mass is 9.91.